The molecule has 8 heteroatoms. The molecule has 2 aromatic rings. The second-order valence-electron chi connectivity index (χ2n) is 8.10. The third-order valence-electron chi connectivity index (χ3n) is 5.70. The Morgan fingerprint density at radius 1 is 1.10 bits per heavy atom. The van der Waals surface area contributed by atoms with Gasteiger partial charge in [-0.25, -0.2) is 13.1 Å². The molecule has 2 aliphatic rings. The zero-order valence-corrected chi connectivity index (χ0v) is 17.6. The van der Waals surface area contributed by atoms with Gasteiger partial charge in [0.2, 0.25) is 10.0 Å². The maximum atomic E-state index is 12.9. The number of nitrogens with zero attached hydrogens (tertiary/aromatic N) is 3. The van der Waals surface area contributed by atoms with Crippen LogP contribution in [0.15, 0.2) is 35.4 Å². The van der Waals surface area contributed by atoms with E-state index in [1.807, 2.05) is 11.6 Å². The molecule has 1 aliphatic carbocycles. The fraction of sp³-hybridized carbons (Fsp3) is 0.524. The lowest BCUT2D eigenvalue weighted by molar-refractivity contribution is 0.102. The van der Waals surface area contributed by atoms with Gasteiger partial charge in [-0.3, -0.25) is 4.79 Å². The van der Waals surface area contributed by atoms with Crippen LogP contribution in [0.5, 0.6) is 0 Å². The first-order valence-electron chi connectivity index (χ1n) is 10.4. The molecule has 1 aromatic heterocycles. The van der Waals surface area contributed by atoms with Crippen LogP contribution in [0, 0.1) is 12.8 Å². The maximum Gasteiger partial charge on any atom is 0.256 e. The Morgan fingerprint density at radius 2 is 1.76 bits per heavy atom. The van der Waals surface area contributed by atoms with Crippen LogP contribution in [0.3, 0.4) is 0 Å². The largest absolute Gasteiger partial charge is 0.307 e. The molecule has 1 aromatic carbocycles. The summed E-state index contributed by atoms with van der Waals surface area (Å²) in [6.45, 7) is 3.86. The summed E-state index contributed by atoms with van der Waals surface area (Å²) in [5.41, 5.74) is 1.35. The molecule has 4 rings (SSSR count). The van der Waals surface area contributed by atoms with Crippen molar-refractivity contribution >= 4 is 21.7 Å². The molecule has 1 amide bonds. The third-order valence-corrected chi connectivity index (χ3v) is 7.61. The Balaban J connectivity index is 1.47. The Labute approximate surface area is 172 Å². The number of anilines is 1. The topological polar surface area (TPSA) is 84.3 Å². The number of aryl methyl sites for hydroxylation is 1. The standard InChI is InChI=1S/C21H28N4O3S/c1-16-14-22-25(15-17-6-7-17)20(16)23-21(26)18-8-10-19(11-9-18)29(27,28)24-12-4-2-3-5-13-24/h8-11,14,17H,2-7,12-13,15H2,1H3,(H,23,26). The highest BCUT2D eigenvalue weighted by molar-refractivity contribution is 7.89. The van der Waals surface area contributed by atoms with E-state index in [0.717, 1.165) is 37.8 Å². The number of amides is 1. The molecular weight excluding hydrogens is 388 g/mol. The van der Waals surface area contributed by atoms with Gasteiger partial charge in [0.25, 0.3) is 5.91 Å². The minimum Gasteiger partial charge on any atom is -0.307 e. The van der Waals surface area contributed by atoms with E-state index in [4.69, 9.17) is 0 Å². The van der Waals surface area contributed by atoms with Crippen molar-refractivity contribution in [2.75, 3.05) is 18.4 Å². The predicted molar refractivity (Wildman–Crippen MR) is 111 cm³/mol. The Hall–Kier alpha value is -2.19. The van der Waals surface area contributed by atoms with Crippen LogP contribution < -0.4 is 5.32 Å². The average Bonchev–Trinajstić information content (AvgIpc) is 3.51. The fourth-order valence-electron chi connectivity index (χ4n) is 3.71. The lowest BCUT2D eigenvalue weighted by Gasteiger charge is -2.20. The summed E-state index contributed by atoms with van der Waals surface area (Å²) in [5.74, 6) is 1.10. The zero-order valence-electron chi connectivity index (χ0n) is 16.8. The summed E-state index contributed by atoms with van der Waals surface area (Å²) in [6, 6.07) is 6.22. The average molecular weight is 417 g/mol. The first-order chi connectivity index (χ1) is 13.9. The van der Waals surface area contributed by atoms with E-state index < -0.39 is 10.0 Å². The molecule has 0 unspecified atom stereocenters. The molecule has 0 atom stereocenters. The third kappa shape index (κ3) is 4.53. The molecule has 1 saturated carbocycles. The number of nitrogens with one attached hydrogen (secondary N) is 1. The van der Waals surface area contributed by atoms with Crippen LogP contribution in [0.4, 0.5) is 5.82 Å². The van der Waals surface area contributed by atoms with Gasteiger partial charge in [-0.2, -0.15) is 9.40 Å². The van der Waals surface area contributed by atoms with Crippen molar-refractivity contribution < 1.29 is 13.2 Å². The van der Waals surface area contributed by atoms with Gasteiger partial charge in [-0.1, -0.05) is 12.8 Å². The molecule has 7 nitrogen and oxygen atoms in total. The van der Waals surface area contributed by atoms with E-state index in [1.165, 1.54) is 25.0 Å². The lowest BCUT2D eigenvalue weighted by Crippen LogP contribution is -2.31. The Bertz CT molecular complexity index is 970. The second-order valence-corrected chi connectivity index (χ2v) is 10.0. The summed E-state index contributed by atoms with van der Waals surface area (Å²) in [7, 11) is -3.51. The van der Waals surface area contributed by atoms with Gasteiger partial charge in [-0.05, 0) is 62.8 Å². The van der Waals surface area contributed by atoms with E-state index in [9.17, 15) is 13.2 Å². The van der Waals surface area contributed by atoms with Crippen LogP contribution in [0.25, 0.3) is 0 Å². The van der Waals surface area contributed by atoms with E-state index in [-0.39, 0.29) is 10.8 Å². The Kier molecular flexibility index (Phi) is 5.74. The quantitative estimate of drug-likeness (QED) is 0.782. The number of sulfonamides is 1. The van der Waals surface area contributed by atoms with Gasteiger partial charge in [-0.15, -0.1) is 0 Å². The number of benzene rings is 1. The smallest absolute Gasteiger partial charge is 0.256 e. The lowest BCUT2D eigenvalue weighted by atomic mass is 10.2. The SMILES string of the molecule is Cc1cnn(CC2CC2)c1NC(=O)c1ccc(S(=O)(=O)N2CCCCCC2)cc1. The molecule has 2 heterocycles. The monoisotopic (exact) mass is 416 g/mol. The van der Waals surface area contributed by atoms with Crippen molar-refractivity contribution in [3.05, 3.63) is 41.6 Å². The molecule has 156 valence electrons. The molecule has 1 N–H and O–H groups in total. The minimum absolute atomic E-state index is 0.242. The van der Waals surface area contributed by atoms with Gasteiger partial charge in [0, 0.05) is 30.8 Å². The molecule has 1 saturated heterocycles. The van der Waals surface area contributed by atoms with Gasteiger partial charge < -0.3 is 5.32 Å². The predicted octanol–water partition coefficient (Wildman–Crippen LogP) is 3.42. The van der Waals surface area contributed by atoms with Crippen LogP contribution in [0.2, 0.25) is 0 Å². The maximum absolute atomic E-state index is 12.9. The van der Waals surface area contributed by atoms with Gasteiger partial charge >= 0.3 is 0 Å². The number of carbonyl (C=O) groups excluding carboxylic acids is 1. The molecule has 0 radical (unpaired) electrons. The highest BCUT2D eigenvalue weighted by atomic mass is 32.2. The summed E-state index contributed by atoms with van der Waals surface area (Å²) in [4.78, 5) is 13.0. The normalized spacial score (nSPS) is 18.4. The summed E-state index contributed by atoms with van der Waals surface area (Å²) in [5, 5.41) is 7.31. The van der Waals surface area contributed by atoms with Gasteiger partial charge in [0.05, 0.1) is 11.1 Å². The zero-order chi connectivity index (χ0) is 20.4. The van der Waals surface area contributed by atoms with Crippen LogP contribution in [-0.2, 0) is 16.6 Å². The summed E-state index contributed by atoms with van der Waals surface area (Å²) < 4.78 is 29.2. The minimum atomic E-state index is -3.51. The molecule has 29 heavy (non-hydrogen) atoms. The molecule has 1 aliphatic heterocycles. The number of hydrogen-bond donors (Lipinski definition) is 1. The van der Waals surface area contributed by atoms with E-state index in [2.05, 4.69) is 10.4 Å². The van der Waals surface area contributed by atoms with Crippen molar-refractivity contribution in [2.45, 2.75) is 56.9 Å². The number of carbonyl (C=O) groups is 1. The first-order valence-corrected chi connectivity index (χ1v) is 11.8. The highest BCUT2D eigenvalue weighted by Crippen LogP contribution is 2.32. The van der Waals surface area contributed by atoms with E-state index in [0.29, 0.717) is 30.4 Å². The van der Waals surface area contributed by atoms with Crippen molar-refractivity contribution in [3.63, 3.8) is 0 Å². The number of hydrogen-bond acceptors (Lipinski definition) is 4. The van der Waals surface area contributed by atoms with E-state index in [1.54, 1.807) is 22.6 Å². The summed E-state index contributed by atoms with van der Waals surface area (Å²) >= 11 is 0. The van der Waals surface area contributed by atoms with Crippen molar-refractivity contribution in [3.8, 4) is 0 Å². The number of aromatic nitrogens is 2. The second kappa shape index (κ2) is 8.28. The van der Waals surface area contributed by atoms with Crippen LogP contribution >= 0.6 is 0 Å². The first kappa shape index (κ1) is 20.1. The van der Waals surface area contributed by atoms with Crippen molar-refractivity contribution in [1.29, 1.82) is 0 Å². The Morgan fingerprint density at radius 3 is 2.38 bits per heavy atom. The molecule has 0 spiro atoms. The summed E-state index contributed by atoms with van der Waals surface area (Å²) in [6.07, 6.45) is 8.11. The fourth-order valence-corrected chi connectivity index (χ4v) is 5.23. The van der Waals surface area contributed by atoms with Crippen LogP contribution in [0.1, 0.15) is 54.4 Å². The molecule has 2 fully saturated rings. The highest BCUT2D eigenvalue weighted by Gasteiger charge is 2.26. The molecular formula is C21H28N4O3S. The molecule has 0 bridgehead atoms. The van der Waals surface area contributed by atoms with Gasteiger partial charge in [0.15, 0.2) is 0 Å². The van der Waals surface area contributed by atoms with E-state index >= 15 is 0 Å². The number of rotatable bonds is 6. The van der Waals surface area contributed by atoms with Crippen molar-refractivity contribution in [2.24, 2.45) is 5.92 Å². The van der Waals surface area contributed by atoms with Crippen LogP contribution in [-0.4, -0.2) is 41.5 Å². The van der Waals surface area contributed by atoms with Crippen molar-refractivity contribution in [1.82, 2.24) is 14.1 Å². The van der Waals surface area contributed by atoms with Gasteiger partial charge in [0.1, 0.15) is 5.82 Å².